The van der Waals surface area contributed by atoms with Crippen LogP contribution in [0.15, 0.2) is 40.2 Å². The topological polar surface area (TPSA) is 79.8 Å². The fourth-order valence-corrected chi connectivity index (χ4v) is 4.35. The van der Waals surface area contributed by atoms with E-state index in [-0.39, 0.29) is 5.75 Å². The zero-order valence-electron chi connectivity index (χ0n) is 16.3. The molecule has 0 saturated heterocycles. The lowest BCUT2D eigenvalue weighted by Crippen LogP contribution is -2.39. The molecule has 0 atom stereocenters. The minimum atomic E-state index is -3.28. The van der Waals surface area contributed by atoms with Crippen LogP contribution in [-0.4, -0.2) is 52.5 Å². The number of sulfone groups is 1. The highest BCUT2D eigenvalue weighted by Crippen LogP contribution is 2.19. The van der Waals surface area contributed by atoms with Gasteiger partial charge in [0.25, 0.3) is 0 Å². The van der Waals surface area contributed by atoms with Crippen molar-refractivity contribution in [1.29, 1.82) is 0 Å². The molecule has 0 aromatic heterocycles. The maximum atomic E-state index is 12.3. The van der Waals surface area contributed by atoms with Gasteiger partial charge in [0.15, 0.2) is 15.8 Å². The van der Waals surface area contributed by atoms with Crippen molar-refractivity contribution in [3.05, 3.63) is 30.3 Å². The molecule has 0 heterocycles. The third kappa shape index (κ3) is 8.30. The third-order valence-electron chi connectivity index (χ3n) is 4.63. The number of benzene rings is 1. The Morgan fingerprint density at radius 1 is 1.11 bits per heavy atom. The Balaban J connectivity index is 1.74. The lowest BCUT2D eigenvalue weighted by molar-refractivity contribution is 0.0487. The first kappa shape index (κ1) is 21.7. The van der Waals surface area contributed by atoms with Crippen LogP contribution in [-0.2, 0) is 14.6 Å². The second-order valence-corrected chi connectivity index (χ2v) is 8.91. The van der Waals surface area contributed by atoms with Crippen molar-refractivity contribution in [3.8, 4) is 0 Å². The summed E-state index contributed by atoms with van der Waals surface area (Å²) in [5.74, 6) is 0.658. The third-order valence-corrected chi connectivity index (χ3v) is 6.36. The van der Waals surface area contributed by atoms with Crippen LogP contribution in [0.3, 0.4) is 0 Å². The van der Waals surface area contributed by atoms with Gasteiger partial charge >= 0.3 is 0 Å². The molecule has 6 nitrogen and oxygen atoms in total. The maximum Gasteiger partial charge on any atom is 0.191 e. The fraction of sp³-hybridized carbons (Fsp3) is 0.650. The molecule has 1 aromatic rings. The first-order valence-electron chi connectivity index (χ1n) is 10.0. The normalized spacial score (nSPS) is 16.7. The van der Waals surface area contributed by atoms with Crippen LogP contribution >= 0.6 is 0 Å². The van der Waals surface area contributed by atoms with Gasteiger partial charge < -0.3 is 15.4 Å². The van der Waals surface area contributed by atoms with Crippen LogP contribution in [0.1, 0.15) is 45.4 Å². The van der Waals surface area contributed by atoms with Gasteiger partial charge in [-0.25, -0.2) is 8.42 Å². The van der Waals surface area contributed by atoms with Crippen LogP contribution in [0.25, 0.3) is 0 Å². The molecular weight excluding hydrogens is 362 g/mol. The van der Waals surface area contributed by atoms with Crippen molar-refractivity contribution in [1.82, 2.24) is 10.6 Å². The molecule has 1 aliphatic rings. The monoisotopic (exact) mass is 395 g/mol. The average molecular weight is 396 g/mol. The van der Waals surface area contributed by atoms with Crippen molar-refractivity contribution < 1.29 is 13.2 Å². The van der Waals surface area contributed by atoms with E-state index >= 15 is 0 Å². The summed E-state index contributed by atoms with van der Waals surface area (Å²) in [7, 11) is -3.28. The number of nitrogens with one attached hydrogen (secondary N) is 2. The number of ether oxygens (including phenoxy) is 1. The minimum Gasteiger partial charge on any atom is -0.376 e. The van der Waals surface area contributed by atoms with Gasteiger partial charge in [0.1, 0.15) is 0 Å². The standard InChI is InChI=1S/C20H33N3O3S/c1-2-21-20(22-14-16-26-18-10-6-3-4-7-11-18)23-15-17-27(24,25)19-12-8-5-9-13-19/h5,8-9,12-13,18H,2-4,6-7,10-11,14-17H2,1H3,(H2,21,22,23). The average Bonchev–Trinajstić information content (AvgIpc) is 2.94. The number of aliphatic imine (C=N–C) groups is 1. The molecular formula is C20H33N3O3S. The Kier molecular flexibility index (Phi) is 9.62. The SMILES string of the molecule is CCNC(=NCCOC1CCCCCC1)NCCS(=O)(=O)c1ccccc1. The molecule has 1 aromatic carbocycles. The second kappa shape index (κ2) is 12.0. The molecule has 0 bridgehead atoms. The van der Waals surface area contributed by atoms with Crippen LogP contribution < -0.4 is 10.6 Å². The lowest BCUT2D eigenvalue weighted by atomic mass is 10.1. The molecule has 27 heavy (non-hydrogen) atoms. The Hall–Kier alpha value is -1.60. The van der Waals surface area contributed by atoms with E-state index in [0.29, 0.717) is 36.7 Å². The van der Waals surface area contributed by atoms with E-state index in [2.05, 4.69) is 15.6 Å². The van der Waals surface area contributed by atoms with Gasteiger partial charge in [-0.2, -0.15) is 0 Å². The zero-order chi connectivity index (χ0) is 19.4. The molecule has 1 fully saturated rings. The Labute approximate surface area is 163 Å². The summed E-state index contributed by atoms with van der Waals surface area (Å²) in [4.78, 5) is 4.84. The van der Waals surface area contributed by atoms with E-state index in [0.717, 1.165) is 19.4 Å². The molecule has 2 rings (SSSR count). The molecule has 2 N–H and O–H groups in total. The molecule has 152 valence electrons. The number of hydrogen-bond donors (Lipinski definition) is 2. The van der Waals surface area contributed by atoms with Crippen molar-refractivity contribution in [3.63, 3.8) is 0 Å². The summed E-state index contributed by atoms with van der Waals surface area (Å²) in [5, 5.41) is 6.24. The highest BCUT2D eigenvalue weighted by atomic mass is 32.2. The molecule has 7 heteroatoms. The summed E-state index contributed by atoms with van der Waals surface area (Å²) in [6, 6.07) is 8.53. The van der Waals surface area contributed by atoms with E-state index in [1.54, 1.807) is 24.3 Å². The molecule has 0 amide bonds. The van der Waals surface area contributed by atoms with Crippen molar-refractivity contribution in [2.45, 2.75) is 56.4 Å². The quantitative estimate of drug-likeness (QED) is 0.291. The van der Waals surface area contributed by atoms with Crippen LogP contribution in [0, 0.1) is 0 Å². The summed E-state index contributed by atoms with van der Waals surface area (Å²) in [6.45, 7) is 4.19. The molecule has 0 aliphatic heterocycles. The largest absolute Gasteiger partial charge is 0.376 e. The van der Waals surface area contributed by atoms with Gasteiger partial charge in [-0.05, 0) is 31.9 Å². The number of hydrogen-bond acceptors (Lipinski definition) is 4. The van der Waals surface area contributed by atoms with E-state index < -0.39 is 9.84 Å². The molecule has 1 saturated carbocycles. The van der Waals surface area contributed by atoms with Crippen LogP contribution in [0.5, 0.6) is 0 Å². The summed E-state index contributed by atoms with van der Waals surface area (Å²) < 4.78 is 30.6. The Morgan fingerprint density at radius 3 is 2.48 bits per heavy atom. The number of nitrogens with zero attached hydrogens (tertiary/aromatic N) is 1. The van der Waals surface area contributed by atoms with Crippen LogP contribution in [0.4, 0.5) is 0 Å². The lowest BCUT2D eigenvalue weighted by Gasteiger charge is -2.15. The summed E-state index contributed by atoms with van der Waals surface area (Å²) >= 11 is 0. The van der Waals surface area contributed by atoms with Crippen molar-refractivity contribution >= 4 is 15.8 Å². The van der Waals surface area contributed by atoms with Crippen LogP contribution in [0.2, 0.25) is 0 Å². The highest BCUT2D eigenvalue weighted by molar-refractivity contribution is 7.91. The van der Waals surface area contributed by atoms with Gasteiger partial charge in [0.2, 0.25) is 0 Å². The Morgan fingerprint density at radius 2 is 1.81 bits per heavy atom. The van der Waals surface area contributed by atoms with Gasteiger partial charge in [-0.15, -0.1) is 0 Å². The summed E-state index contributed by atoms with van der Waals surface area (Å²) in [6.07, 6.45) is 7.83. The zero-order valence-corrected chi connectivity index (χ0v) is 17.1. The smallest absolute Gasteiger partial charge is 0.191 e. The van der Waals surface area contributed by atoms with Gasteiger partial charge in [-0.3, -0.25) is 4.99 Å². The number of rotatable bonds is 9. The predicted octanol–water partition coefficient (Wildman–Crippen LogP) is 2.75. The van der Waals surface area contributed by atoms with E-state index in [1.807, 2.05) is 13.0 Å². The second-order valence-electron chi connectivity index (χ2n) is 6.80. The molecule has 0 unspecified atom stereocenters. The van der Waals surface area contributed by atoms with E-state index in [1.165, 1.54) is 25.7 Å². The minimum absolute atomic E-state index is 0.0278. The first-order chi connectivity index (χ1) is 13.1. The first-order valence-corrected chi connectivity index (χ1v) is 11.7. The van der Waals surface area contributed by atoms with Gasteiger partial charge in [0.05, 0.1) is 29.9 Å². The highest BCUT2D eigenvalue weighted by Gasteiger charge is 2.14. The van der Waals surface area contributed by atoms with Gasteiger partial charge in [0, 0.05) is 13.1 Å². The van der Waals surface area contributed by atoms with E-state index in [9.17, 15) is 8.42 Å². The molecule has 0 spiro atoms. The Bertz CT molecular complexity index is 654. The molecule has 1 aliphatic carbocycles. The fourth-order valence-electron chi connectivity index (χ4n) is 3.18. The predicted molar refractivity (Wildman–Crippen MR) is 110 cm³/mol. The summed E-state index contributed by atoms with van der Waals surface area (Å²) in [5.41, 5.74) is 0. The van der Waals surface area contributed by atoms with Gasteiger partial charge in [-0.1, -0.05) is 43.9 Å². The number of guanidine groups is 1. The van der Waals surface area contributed by atoms with Crippen molar-refractivity contribution in [2.75, 3.05) is 32.0 Å². The van der Waals surface area contributed by atoms with E-state index in [4.69, 9.17) is 4.74 Å². The molecule has 0 radical (unpaired) electrons. The van der Waals surface area contributed by atoms with Crippen molar-refractivity contribution in [2.24, 2.45) is 4.99 Å². The maximum absolute atomic E-state index is 12.3.